The smallest absolute Gasteiger partial charge is 0.119 e. The lowest BCUT2D eigenvalue weighted by molar-refractivity contribution is 0.0530. The van der Waals surface area contributed by atoms with Crippen molar-refractivity contribution in [1.82, 2.24) is 0 Å². The van der Waals surface area contributed by atoms with Crippen molar-refractivity contribution in [3.63, 3.8) is 0 Å². The van der Waals surface area contributed by atoms with Crippen molar-refractivity contribution in [3.05, 3.63) is 58.7 Å². The van der Waals surface area contributed by atoms with Crippen LogP contribution in [0.25, 0.3) is 0 Å². The molecule has 0 bridgehead atoms. The van der Waals surface area contributed by atoms with Crippen molar-refractivity contribution in [3.8, 4) is 5.75 Å². The maximum absolute atomic E-state index is 5.50. The summed E-state index contributed by atoms with van der Waals surface area (Å²) >= 11 is 0. The fourth-order valence-electron chi connectivity index (χ4n) is 7.83. The first kappa shape index (κ1) is 17.9. The highest BCUT2D eigenvalue weighted by atomic mass is 16.5. The Kier molecular flexibility index (Phi) is 3.86. The number of hydrogen-bond acceptors (Lipinski definition) is 2. The van der Waals surface area contributed by atoms with E-state index >= 15 is 0 Å². The SMILES string of the molecule is COc1ccc2c(c1)CCC1C2CC[C@@]2(C)[C@@H]3Nc4ccc(C)cc4C[C@H]3C[C@@H]12. The van der Waals surface area contributed by atoms with Gasteiger partial charge in [0.2, 0.25) is 0 Å². The number of aryl methyl sites for hydroxylation is 2. The molecule has 2 aromatic carbocycles. The quantitative estimate of drug-likeness (QED) is 0.636. The summed E-state index contributed by atoms with van der Waals surface area (Å²) < 4.78 is 5.50. The van der Waals surface area contributed by atoms with Crippen LogP contribution < -0.4 is 10.1 Å². The van der Waals surface area contributed by atoms with Crippen LogP contribution in [0.15, 0.2) is 36.4 Å². The molecular formula is C27H33NO. The van der Waals surface area contributed by atoms with Gasteiger partial charge in [-0.05, 0) is 109 Å². The molecule has 2 saturated carbocycles. The lowest BCUT2D eigenvalue weighted by atomic mass is 9.55. The lowest BCUT2D eigenvalue weighted by Gasteiger charge is -2.51. The number of anilines is 1. The third kappa shape index (κ3) is 2.54. The molecule has 0 aromatic heterocycles. The van der Waals surface area contributed by atoms with Crippen LogP contribution >= 0.6 is 0 Å². The second kappa shape index (κ2) is 6.27. The number of benzene rings is 2. The third-order valence-corrected chi connectivity index (χ3v) is 9.16. The topological polar surface area (TPSA) is 21.3 Å². The number of rotatable bonds is 1. The molecule has 1 heterocycles. The molecule has 6 rings (SSSR count). The van der Waals surface area contributed by atoms with Gasteiger partial charge in [-0.15, -0.1) is 0 Å². The molecule has 0 amide bonds. The zero-order valence-electron chi connectivity index (χ0n) is 18.0. The summed E-state index contributed by atoms with van der Waals surface area (Å²) in [7, 11) is 1.78. The monoisotopic (exact) mass is 387 g/mol. The van der Waals surface area contributed by atoms with Crippen molar-refractivity contribution >= 4 is 5.69 Å². The highest BCUT2D eigenvalue weighted by Gasteiger charge is 2.58. The van der Waals surface area contributed by atoms with Gasteiger partial charge in [-0.25, -0.2) is 0 Å². The van der Waals surface area contributed by atoms with Crippen LogP contribution in [0.2, 0.25) is 0 Å². The van der Waals surface area contributed by atoms with E-state index in [9.17, 15) is 0 Å². The third-order valence-electron chi connectivity index (χ3n) is 9.16. The molecule has 3 aliphatic carbocycles. The number of nitrogens with one attached hydrogen (secondary N) is 1. The first-order valence-corrected chi connectivity index (χ1v) is 11.6. The minimum Gasteiger partial charge on any atom is -0.497 e. The number of ether oxygens (including phenoxy) is 1. The van der Waals surface area contributed by atoms with Crippen LogP contribution in [0.1, 0.15) is 60.8 Å². The Bertz CT molecular complexity index is 965. The van der Waals surface area contributed by atoms with Crippen molar-refractivity contribution in [1.29, 1.82) is 0 Å². The predicted molar refractivity (Wildman–Crippen MR) is 119 cm³/mol. The van der Waals surface area contributed by atoms with E-state index in [0.717, 1.165) is 29.4 Å². The zero-order valence-corrected chi connectivity index (χ0v) is 18.0. The van der Waals surface area contributed by atoms with Gasteiger partial charge in [-0.3, -0.25) is 0 Å². The molecule has 6 atom stereocenters. The van der Waals surface area contributed by atoms with Gasteiger partial charge in [0.15, 0.2) is 0 Å². The Balaban J connectivity index is 1.32. The van der Waals surface area contributed by atoms with Gasteiger partial charge >= 0.3 is 0 Å². The minimum absolute atomic E-state index is 0.443. The molecule has 2 heteroatoms. The van der Waals surface area contributed by atoms with E-state index < -0.39 is 0 Å². The molecule has 0 spiro atoms. The van der Waals surface area contributed by atoms with Crippen LogP contribution in [0.3, 0.4) is 0 Å². The maximum atomic E-state index is 5.50. The molecule has 2 fully saturated rings. The van der Waals surface area contributed by atoms with Crippen molar-refractivity contribution in [2.75, 3.05) is 12.4 Å². The van der Waals surface area contributed by atoms with Crippen LogP contribution in [0, 0.1) is 30.1 Å². The van der Waals surface area contributed by atoms with E-state index in [1.807, 2.05) is 0 Å². The lowest BCUT2D eigenvalue weighted by Crippen LogP contribution is -2.48. The predicted octanol–water partition coefficient (Wildman–Crippen LogP) is 6.12. The summed E-state index contributed by atoms with van der Waals surface area (Å²) in [5, 5.41) is 4.04. The summed E-state index contributed by atoms with van der Waals surface area (Å²) in [4.78, 5) is 0. The summed E-state index contributed by atoms with van der Waals surface area (Å²) in [5.74, 6) is 4.29. The van der Waals surface area contributed by atoms with Gasteiger partial charge in [-0.1, -0.05) is 30.7 Å². The highest BCUT2D eigenvalue weighted by molar-refractivity contribution is 5.57. The zero-order chi connectivity index (χ0) is 19.8. The molecule has 152 valence electrons. The van der Waals surface area contributed by atoms with E-state index in [2.05, 4.69) is 55.6 Å². The number of methoxy groups -OCH3 is 1. The van der Waals surface area contributed by atoms with E-state index in [-0.39, 0.29) is 0 Å². The number of hydrogen-bond donors (Lipinski definition) is 1. The largest absolute Gasteiger partial charge is 0.497 e. The molecule has 1 aliphatic heterocycles. The Labute approximate surface area is 175 Å². The Hall–Kier alpha value is -1.96. The van der Waals surface area contributed by atoms with E-state index in [1.54, 1.807) is 23.8 Å². The van der Waals surface area contributed by atoms with Gasteiger partial charge in [0, 0.05) is 11.7 Å². The van der Waals surface area contributed by atoms with E-state index in [1.165, 1.54) is 49.8 Å². The molecule has 29 heavy (non-hydrogen) atoms. The fourth-order valence-corrected chi connectivity index (χ4v) is 7.83. The average Bonchev–Trinajstić information content (AvgIpc) is 3.03. The van der Waals surface area contributed by atoms with Gasteiger partial charge in [-0.2, -0.15) is 0 Å². The molecule has 4 aliphatic rings. The fraction of sp³-hybridized carbons (Fsp3) is 0.556. The summed E-state index contributed by atoms with van der Waals surface area (Å²) in [6.07, 6.45) is 7.97. The molecule has 2 aromatic rings. The maximum Gasteiger partial charge on any atom is 0.119 e. The van der Waals surface area contributed by atoms with Crippen LogP contribution in [0.5, 0.6) is 5.75 Å². The Morgan fingerprint density at radius 2 is 1.97 bits per heavy atom. The van der Waals surface area contributed by atoms with Crippen molar-refractivity contribution in [2.45, 2.75) is 64.3 Å². The van der Waals surface area contributed by atoms with Crippen molar-refractivity contribution in [2.24, 2.45) is 23.2 Å². The van der Waals surface area contributed by atoms with Gasteiger partial charge in [0.25, 0.3) is 0 Å². The molecule has 0 radical (unpaired) electrons. The molecule has 2 unspecified atom stereocenters. The second-order valence-electron chi connectivity index (χ2n) is 10.5. The molecular weight excluding hydrogens is 354 g/mol. The minimum atomic E-state index is 0.443. The van der Waals surface area contributed by atoms with E-state index in [4.69, 9.17) is 4.74 Å². The van der Waals surface area contributed by atoms with Crippen LogP contribution in [-0.4, -0.2) is 13.2 Å². The molecule has 1 N–H and O–H groups in total. The van der Waals surface area contributed by atoms with Crippen molar-refractivity contribution < 1.29 is 4.74 Å². The normalized spacial score (nSPS) is 36.7. The Morgan fingerprint density at radius 1 is 1.07 bits per heavy atom. The van der Waals surface area contributed by atoms with E-state index in [0.29, 0.717) is 11.5 Å². The summed E-state index contributed by atoms with van der Waals surface area (Å²) in [6, 6.07) is 14.5. The average molecular weight is 388 g/mol. The van der Waals surface area contributed by atoms with Gasteiger partial charge < -0.3 is 10.1 Å². The summed E-state index contributed by atoms with van der Waals surface area (Å²) in [6.45, 7) is 4.84. The molecule has 0 saturated heterocycles. The summed E-state index contributed by atoms with van der Waals surface area (Å²) in [5.41, 5.74) is 7.97. The highest BCUT2D eigenvalue weighted by Crippen LogP contribution is 2.64. The second-order valence-corrected chi connectivity index (χ2v) is 10.5. The first-order valence-electron chi connectivity index (χ1n) is 11.6. The van der Waals surface area contributed by atoms with Gasteiger partial charge in [0.1, 0.15) is 5.75 Å². The number of fused-ring (bicyclic) bond motifs is 8. The molecule has 2 nitrogen and oxygen atoms in total. The first-order chi connectivity index (χ1) is 14.1. The van der Waals surface area contributed by atoms with Gasteiger partial charge in [0.05, 0.1) is 7.11 Å². The Morgan fingerprint density at radius 3 is 2.83 bits per heavy atom. The standard InChI is InChI=1S/C27H33NO/c1-16-4-9-25-18(12-16)13-19-15-24-23-7-5-17-14-20(29-3)6-8-21(17)22(23)10-11-27(24,2)26(19)28-25/h4,6,8-9,12,14,19,22-24,26,28H,5,7,10-11,13,15H2,1-3H3/t19-,22?,23?,24-,26+,27+/m0/s1. The van der Waals surface area contributed by atoms with Crippen LogP contribution in [0.4, 0.5) is 5.69 Å². The van der Waals surface area contributed by atoms with Crippen LogP contribution in [-0.2, 0) is 12.8 Å².